The lowest BCUT2D eigenvalue weighted by Gasteiger charge is -2.26. The highest BCUT2D eigenvalue weighted by molar-refractivity contribution is 5.87. The van der Waals surface area contributed by atoms with Crippen LogP contribution >= 0.6 is 0 Å². The maximum atomic E-state index is 12.4. The fourth-order valence-electron chi connectivity index (χ4n) is 2.85. The topological polar surface area (TPSA) is 105 Å². The third-order valence-electron chi connectivity index (χ3n) is 4.20. The molecule has 0 bridgehead atoms. The van der Waals surface area contributed by atoms with E-state index in [1.807, 2.05) is 0 Å². The fraction of sp³-hybridized carbons (Fsp3) is 0.500. The molecule has 2 atom stereocenters. The number of urea groups is 1. The summed E-state index contributed by atoms with van der Waals surface area (Å²) in [5, 5.41) is 15.3. The molecule has 148 valence electrons. The molecule has 1 heterocycles. The Labute approximate surface area is 152 Å². The molecule has 0 saturated carbocycles. The minimum absolute atomic E-state index is 0.126. The van der Waals surface area contributed by atoms with E-state index < -0.39 is 41.7 Å². The molecule has 2 rings (SSSR count). The molecule has 0 aromatic heterocycles. The minimum atomic E-state index is -4.53. The zero-order chi connectivity index (χ0) is 20.2. The number of nitrogens with zero attached hydrogens (tertiary/aromatic N) is 2. The Morgan fingerprint density at radius 2 is 2.11 bits per heavy atom. The number of non-ortho nitro benzene ring substituents is 1. The van der Waals surface area contributed by atoms with Crippen LogP contribution in [0.25, 0.3) is 0 Å². The van der Waals surface area contributed by atoms with Crippen molar-refractivity contribution in [3.8, 4) is 0 Å². The number of likely N-dealkylation sites (tertiary alicyclic amines) is 1. The molecule has 1 aromatic carbocycles. The number of carbonyl (C=O) groups excluding carboxylic acids is 2. The quantitative estimate of drug-likeness (QED) is 0.597. The second-order valence-electron chi connectivity index (χ2n) is 6.21. The van der Waals surface area contributed by atoms with Crippen molar-refractivity contribution in [2.24, 2.45) is 0 Å². The number of alkyl halides is 3. The lowest BCUT2D eigenvalue weighted by Crippen LogP contribution is -2.51. The SMILES string of the molecule is CC(NC(=O)N1CCCC1C(=O)NCC(F)(F)F)c1cccc([N+](=O)[O-])c1. The van der Waals surface area contributed by atoms with Gasteiger partial charge in [-0.15, -0.1) is 0 Å². The third kappa shape index (κ3) is 5.56. The Morgan fingerprint density at radius 3 is 2.74 bits per heavy atom. The van der Waals surface area contributed by atoms with Gasteiger partial charge in [0.2, 0.25) is 5.91 Å². The predicted octanol–water partition coefficient (Wildman–Crippen LogP) is 2.51. The first-order valence-electron chi connectivity index (χ1n) is 8.24. The molecule has 27 heavy (non-hydrogen) atoms. The lowest BCUT2D eigenvalue weighted by molar-refractivity contribution is -0.384. The summed E-state index contributed by atoms with van der Waals surface area (Å²) in [5.74, 6) is -0.858. The highest BCUT2D eigenvalue weighted by Gasteiger charge is 2.36. The number of rotatable bonds is 5. The van der Waals surface area contributed by atoms with Gasteiger partial charge in [0, 0.05) is 18.7 Å². The molecule has 1 fully saturated rings. The average molecular weight is 388 g/mol. The molecule has 1 saturated heterocycles. The van der Waals surface area contributed by atoms with Gasteiger partial charge < -0.3 is 15.5 Å². The van der Waals surface area contributed by atoms with E-state index in [-0.39, 0.29) is 18.7 Å². The molecular weight excluding hydrogens is 369 g/mol. The number of nitrogens with one attached hydrogen (secondary N) is 2. The van der Waals surface area contributed by atoms with Crippen molar-refractivity contribution in [1.82, 2.24) is 15.5 Å². The largest absolute Gasteiger partial charge is 0.405 e. The lowest BCUT2D eigenvalue weighted by atomic mass is 10.1. The molecule has 1 aliphatic heterocycles. The summed E-state index contributed by atoms with van der Waals surface area (Å²) in [6.45, 7) is 0.394. The maximum Gasteiger partial charge on any atom is 0.405 e. The van der Waals surface area contributed by atoms with Crippen LogP contribution in [0.3, 0.4) is 0 Å². The van der Waals surface area contributed by atoms with E-state index in [4.69, 9.17) is 0 Å². The first kappa shape index (κ1) is 20.5. The summed E-state index contributed by atoms with van der Waals surface area (Å²) in [7, 11) is 0. The van der Waals surface area contributed by atoms with Crippen LogP contribution in [0.15, 0.2) is 24.3 Å². The van der Waals surface area contributed by atoms with Crippen LogP contribution in [0.5, 0.6) is 0 Å². The molecule has 2 unspecified atom stereocenters. The van der Waals surface area contributed by atoms with Crippen LogP contribution in [0.2, 0.25) is 0 Å². The van der Waals surface area contributed by atoms with Gasteiger partial charge in [-0.25, -0.2) is 4.79 Å². The Balaban J connectivity index is 2.00. The molecule has 1 aliphatic rings. The summed E-state index contributed by atoms with van der Waals surface area (Å²) in [5.41, 5.74) is 0.369. The Hall–Kier alpha value is -2.85. The smallest absolute Gasteiger partial charge is 0.345 e. The number of halogens is 3. The van der Waals surface area contributed by atoms with Gasteiger partial charge in [0.15, 0.2) is 0 Å². The van der Waals surface area contributed by atoms with E-state index in [0.29, 0.717) is 12.0 Å². The second-order valence-corrected chi connectivity index (χ2v) is 6.21. The first-order valence-corrected chi connectivity index (χ1v) is 8.24. The van der Waals surface area contributed by atoms with Gasteiger partial charge in [0.25, 0.3) is 5.69 Å². The van der Waals surface area contributed by atoms with Gasteiger partial charge in [0.05, 0.1) is 11.0 Å². The monoisotopic (exact) mass is 388 g/mol. The van der Waals surface area contributed by atoms with Crippen molar-refractivity contribution in [3.05, 3.63) is 39.9 Å². The summed E-state index contributed by atoms with van der Waals surface area (Å²) in [6.07, 6.45) is -3.77. The third-order valence-corrected chi connectivity index (χ3v) is 4.20. The zero-order valence-electron chi connectivity index (χ0n) is 14.5. The van der Waals surface area contributed by atoms with Gasteiger partial charge in [-0.05, 0) is 25.3 Å². The van der Waals surface area contributed by atoms with Gasteiger partial charge in [0.1, 0.15) is 12.6 Å². The highest BCUT2D eigenvalue weighted by atomic mass is 19.4. The van der Waals surface area contributed by atoms with Crippen LogP contribution < -0.4 is 10.6 Å². The van der Waals surface area contributed by atoms with Crippen molar-refractivity contribution < 1.29 is 27.7 Å². The van der Waals surface area contributed by atoms with Crippen LogP contribution in [0.4, 0.5) is 23.7 Å². The van der Waals surface area contributed by atoms with E-state index in [0.717, 1.165) is 0 Å². The fourth-order valence-corrected chi connectivity index (χ4v) is 2.85. The normalized spacial score (nSPS) is 18.1. The Bertz CT molecular complexity index is 726. The Morgan fingerprint density at radius 1 is 1.41 bits per heavy atom. The number of hydrogen-bond acceptors (Lipinski definition) is 4. The van der Waals surface area contributed by atoms with Crippen molar-refractivity contribution in [3.63, 3.8) is 0 Å². The van der Waals surface area contributed by atoms with Gasteiger partial charge in [-0.1, -0.05) is 12.1 Å². The van der Waals surface area contributed by atoms with E-state index in [9.17, 15) is 32.9 Å². The van der Waals surface area contributed by atoms with E-state index in [2.05, 4.69) is 5.32 Å². The van der Waals surface area contributed by atoms with Crippen LogP contribution in [-0.2, 0) is 4.79 Å². The van der Waals surface area contributed by atoms with Gasteiger partial charge in [-0.3, -0.25) is 14.9 Å². The molecule has 11 heteroatoms. The zero-order valence-corrected chi connectivity index (χ0v) is 14.5. The molecule has 0 spiro atoms. The standard InChI is InChI=1S/C16H19F3N4O4/c1-10(11-4-2-5-12(8-11)23(26)27)21-15(25)22-7-3-6-13(22)14(24)20-9-16(17,18)19/h2,4-5,8,10,13H,3,6-7,9H2,1H3,(H,20,24)(H,21,25). The van der Waals surface area contributed by atoms with Crippen molar-refractivity contribution in [2.75, 3.05) is 13.1 Å². The molecule has 2 N–H and O–H groups in total. The molecular formula is C16H19F3N4O4. The van der Waals surface area contributed by atoms with Gasteiger partial charge >= 0.3 is 12.2 Å². The van der Waals surface area contributed by atoms with Crippen LogP contribution in [0.1, 0.15) is 31.4 Å². The van der Waals surface area contributed by atoms with Crippen molar-refractivity contribution >= 4 is 17.6 Å². The number of amides is 3. The molecule has 0 radical (unpaired) electrons. The van der Waals surface area contributed by atoms with Gasteiger partial charge in [-0.2, -0.15) is 13.2 Å². The number of nitro groups is 1. The summed E-state index contributed by atoms with van der Waals surface area (Å²) >= 11 is 0. The molecule has 0 aliphatic carbocycles. The number of carbonyl (C=O) groups is 2. The predicted molar refractivity (Wildman–Crippen MR) is 88.8 cm³/mol. The van der Waals surface area contributed by atoms with E-state index in [1.54, 1.807) is 18.3 Å². The van der Waals surface area contributed by atoms with Crippen molar-refractivity contribution in [1.29, 1.82) is 0 Å². The first-order chi connectivity index (χ1) is 12.6. The average Bonchev–Trinajstić information content (AvgIpc) is 3.09. The second kappa shape index (κ2) is 8.23. The minimum Gasteiger partial charge on any atom is -0.345 e. The van der Waals surface area contributed by atoms with E-state index >= 15 is 0 Å². The maximum absolute atomic E-state index is 12.4. The van der Waals surface area contributed by atoms with Crippen LogP contribution in [0, 0.1) is 10.1 Å². The number of hydrogen-bond donors (Lipinski definition) is 2. The van der Waals surface area contributed by atoms with Crippen LogP contribution in [-0.4, -0.2) is 47.1 Å². The van der Waals surface area contributed by atoms with E-state index in [1.165, 1.54) is 23.1 Å². The number of nitro benzene ring substituents is 1. The number of benzene rings is 1. The Kier molecular flexibility index (Phi) is 6.24. The summed E-state index contributed by atoms with van der Waals surface area (Å²) in [4.78, 5) is 35.9. The van der Waals surface area contributed by atoms with Crippen molar-refractivity contribution in [2.45, 2.75) is 38.0 Å². The summed E-state index contributed by atoms with van der Waals surface area (Å²) < 4.78 is 36.8. The molecule has 1 aromatic rings. The molecule has 3 amide bonds. The summed E-state index contributed by atoms with van der Waals surface area (Å²) in [6, 6.07) is 3.55. The molecule has 8 nitrogen and oxygen atoms in total. The highest BCUT2D eigenvalue weighted by Crippen LogP contribution is 2.22.